The minimum atomic E-state index is 0.761. The van der Waals surface area contributed by atoms with E-state index in [9.17, 15) is 0 Å². The molecule has 1 nitrogen and oxygen atoms in total. The summed E-state index contributed by atoms with van der Waals surface area (Å²) in [6, 6.07) is 0.761. The Morgan fingerprint density at radius 2 is 2.00 bits per heavy atom. The molecule has 2 saturated carbocycles. The maximum atomic E-state index is 3.84. The highest BCUT2D eigenvalue weighted by molar-refractivity contribution is 8.07. The van der Waals surface area contributed by atoms with Crippen LogP contribution in [0.4, 0.5) is 0 Å². The highest BCUT2D eigenvalue weighted by Gasteiger charge is 2.41. The first-order chi connectivity index (χ1) is 9.67. The minimum Gasteiger partial charge on any atom is -0.313 e. The molecule has 3 aliphatic rings. The molecule has 0 aromatic heterocycles. The molecule has 116 valence electrons. The average molecular weight is 314 g/mol. The molecule has 20 heavy (non-hydrogen) atoms. The van der Waals surface area contributed by atoms with E-state index in [0.717, 1.165) is 46.1 Å². The van der Waals surface area contributed by atoms with E-state index >= 15 is 0 Å². The first kappa shape index (κ1) is 15.6. The molecule has 7 unspecified atom stereocenters. The van der Waals surface area contributed by atoms with Crippen LogP contribution in [0.3, 0.4) is 0 Å². The van der Waals surface area contributed by atoms with Crippen molar-refractivity contribution in [3.05, 3.63) is 0 Å². The van der Waals surface area contributed by atoms with Crippen LogP contribution in [-0.2, 0) is 0 Å². The topological polar surface area (TPSA) is 12.0 Å². The van der Waals surface area contributed by atoms with Gasteiger partial charge in [-0.3, -0.25) is 0 Å². The van der Waals surface area contributed by atoms with Crippen LogP contribution >= 0.6 is 23.5 Å². The second-order valence-corrected chi connectivity index (χ2v) is 10.3. The maximum Gasteiger partial charge on any atom is 0.0294 e. The van der Waals surface area contributed by atoms with E-state index in [4.69, 9.17) is 0 Å². The summed E-state index contributed by atoms with van der Waals surface area (Å²) in [5, 5.41) is 6.33. The van der Waals surface area contributed by atoms with Crippen molar-refractivity contribution in [1.82, 2.24) is 5.32 Å². The third kappa shape index (κ3) is 3.35. The van der Waals surface area contributed by atoms with Gasteiger partial charge in [-0.25, -0.2) is 0 Å². The van der Waals surface area contributed by atoms with Crippen LogP contribution < -0.4 is 5.32 Å². The quantitative estimate of drug-likeness (QED) is 0.807. The standard InChI is InChI=1S/C17H31NS2/c1-4-18-16(17-10-19-11(2)12(3)20-17)9-15-8-13-5-6-14(15)7-13/h11-18H,4-10H2,1-3H3. The zero-order chi connectivity index (χ0) is 14.1. The monoisotopic (exact) mass is 313 g/mol. The Bertz CT molecular complexity index is 322. The lowest BCUT2D eigenvalue weighted by atomic mass is 9.83. The van der Waals surface area contributed by atoms with Crippen molar-refractivity contribution in [1.29, 1.82) is 0 Å². The Morgan fingerprint density at radius 3 is 2.60 bits per heavy atom. The number of rotatable bonds is 5. The van der Waals surface area contributed by atoms with E-state index in [1.165, 1.54) is 25.0 Å². The predicted octanol–water partition coefficient (Wildman–Crippen LogP) is 4.42. The average Bonchev–Trinajstić information content (AvgIpc) is 3.04. The smallest absolute Gasteiger partial charge is 0.0294 e. The summed E-state index contributed by atoms with van der Waals surface area (Å²) >= 11 is 4.46. The van der Waals surface area contributed by atoms with Gasteiger partial charge in [0.15, 0.2) is 0 Å². The fraction of sp³-hybridized carbons (Fsp3) is 1.00. The van der Waals surface area contributed by atoms with Gasteiger partial charge in [0, 0.05) is 27.5 Å². The lowest BCUT2D eigenvalue weighted by Gasteiger charge is -2.38. The highest BCUT2D eigenvalue weighted by Crippen LogP contribution is 2.50. The summed E-state index contributed by atoms with van der Waals surface area (Å²) in [6.45, 7) is 8.24. The molecule has 0 radical (unpaired) electrons. The molecule has 0 spiro atoms. The van der Waals surface area contributed by atoms with Crippen LogP contribution in [0, 0.1) is 17.8 Å². The Hall–Kier alpha value is 0.660. The first-order valence-corrected chi connectivity index (χ1v) is 10.7. The second kappa shape index (κ2) is 6.83. The van der Waals surface area contributed by atoms with Crippen LogP contribution in [0.2, 0.25) is 0 Å². The van der Waals surface area contributed by atoms with Crippen molar-refractivity contribution < 1.29 is 0 Å². The van der Waals surface area contributed by atoms with E-state index in [2.05, 4.69) is 49.6 Å². The predicted molar refractivity (Wildman–Crippen MR) is 93.8 cm³/mol. The van der Waals surface area contributed by atoms with Crippen LogP contribution in [-0.4, -0.2) is 34.1 Å². The van der Waals surface area contributed by atoms with Crippen LogP contribution in [0.25, 0.3) is 0 Å². The molecule has 1 N–H and O–H groups in total. The van der Waals surface area contributed by atoms with E-state index in [0.29, 0.717) is 0 Å². The van der Waals surface area contributed by atoms with Gasteiger partial charge in [-0.05, 0) is 50.0 Å². The summed E-state index contributed by atoms with van der Waals surface area (Å²) in [4.78, 5) is 0. The van der Waals surface area contributed by atoms with Gasteiger partial charge in [-0.1, -0.05) is 27.2 Å². The van der Waals surface area contributed by atoms with Gasteiger partial charge in [0.05, 0.1) is 0 Å². The molecule has 7 atom stereocenters. The van der Waals surface area contributed by atoms with E-state index in [1.54, 1.807) is 12.8 Å². The molecule has 3 heteroatoms. The summed E-state index contributed by atoms with van der Waals surface area (Å²) < 4.78 is 0. The number of hydrogen-bond donors (Lipinski definition) is 1. The van der Waals surface area contributed by atoms with E-state index in [1.807, 2.05) is 0 Å². The number of nitrogens with one attached hydrogen (secondary N) is 1. The fourth-order valence-electron chi connectivity index (χ4n) is 4.64. The third-order valence-corrected chi connectivity index (χ3v) is 9.48. The van der Waals surface area contributed by atoms with Gasteiger partial charge in [-0.2, -0.15) is 23.5 Å². The second-order valence-electron chi connectivity index (χ2n) is 7.25. The van der Waals surface area contributed by atoms with Crippen LogP contribution in [0.1, 0.15) is 52.9 Å². The molecule has 0 aromatic carbocycles. The van der Waals surface area contributed by atoms with Gasteiger partial charge in [0.1, 0.15) is 0 Å². The fourth-order valence-corrected chi connectivity index (χ4v) is 7.78. The number of thioether (sulfide) groups is 2. The largest absolute Gasteiger partial charge is 0.313 e. The van der Waals surface area contributed by atoms with Gasteiger partial charge in [0.25, 0.3) is 0 Å². The Morgan fingerprint density at radius 1 is 1.15 bits per heavy atom. The maximum absolute atomic E-state index is 3.84. The molecule has 2 bridgehead atoms. The highest BCUT2D eigenvalue weighted by atomic mass is 32.2. The van der Waals surface area contributed by atoms with Gasteiger partial charge in [-0.15, -0.1) is 0 Å². The molecule has 1 saturated heterocycles. The van der Waals surface area contributed by atoms with E-state index < -0.39 is 0 Å². The Labute approximate surface area is 133 Å². The lowest BCUT2D eigenvalue weighted by molar-refractivity contribution is 0.278. The molecular formula is C17H31NS2. The van der Waals surface area contributed by atoms with Crippen molar-refractivity contribution in [3.8, 4) is 0 Å². The van der Waals surface area contributed by atoms with Gasteiger partial charge >= 0.3 is 0 Å². The van der Waals surface area contributed by atoms with Crippen LogP contribution in [0.15, 0.2) is 0 Å². The molecule has 2 aliphatic carbocycles. The normalized spacial score (nSPS) is 45.8. The van der Waals surface area contributed by atoms with Crippen LogP contribution in [0.5, 0.6) is 0 Å². The Balaban J connectivity index is 1.57. The van der Waals surface area contributed by atoms with Gasteiger partial charge in [0.2, 0.25) is 0 Å². The van der Waals surface area contributed by atoms with Crippen molar-refractivity contribution >= 4 is 23.5 Å². The van der Waals surface area contributed by atoms with Crippen molar-refractivity contribution in [2.45, 2.75) is 74.7 Å². The third-order valence-electron chi connectivity index (χ3n) is 5.93. The molecule has 3 fully saturated rings. The van der Waals surface area contributed by atoms with Crippen molar-refractivity contribution in [3.63, 3.8) is 0 Å². The summed E-state index contributed by atoms with van der Waals surface area (Å²) in [6.07, 6.45) is 7.63. The summed E-state index contributed by atoms with van der Waals surface area (Å²) in [5.74, 6) is 4.57. The van der Waals surface area contributed by atoms with Crippen molar-refractivity contribution in [2.24, 2.45) is 17.8 Å². The number of fused-ring (bicyclic) bond motifs is 2. The summed E-state index contributed by atoms with van der Waals surface area (Å²) in [7, 11) is 0. The molecule has 0 aromatic rings. The SMILES string of the molecule is CCNC(CC1CC2CCC1C2)C1CSC(C)C(C)S1. The van der Waals surface area contributed by atoms with Gasteiger partial charge < -0.3 is 5.32 Å². The number of hydrogen-bond acceptors (Lipinski definition) is 3. The minimum absolute atomic E-state index is 0.761. The van der Waals surface area contributed by atoms with Crippen molar-refractivity contribution in [2.75, 3.05) is 12.3 Å². The zero-order valence-electron chi connectivity index (χ0n) is 13.3. The lowest BCUT2D eigenvalue weighted by Crippen LogP contribution is -2.44. The molecular weight excluding hydrogens is 282 g/mol. The molecule has 3 rings (SSSR count). The molecule has 1 aliphatic heterocycles. The molecule has 0 amide bonds. The Kier molecular flexibility index (Phi) is 5.31. The van der Waals surface area contributed by atoms with E-state index in [-0.39, 0.29) is 0 Å². The summed E-state index contributed by atoms with van der Waals surface area (Å²) in [5.41, 5.74) is 0. The zero-order valence-corrected chi connectivity index (χ0v) is 14.9. The molecule has 1 heterocycles. The first-order valence-electron chi connectivity index (χ1n) is 8.67.